The second kappa shape index (κ2) is 14.6. The summed E-state index contributed by atoms with van der Waals surface area (Å²) in [6.45, 7) is 9.10. The van der Waals surface area contributed by atoms with Gasteiger partial charge in [-0.1, -0.05) is 66.2 Å². The molecule has 0 aliphatic carbocycles. The Balaban J connectivity index is 0. The van der Waals surface area contributed by atoms with Crippen molar-refractivity contribution in [2.24, 2.45) is 11.8 Å². The average Bonchev–Trinajstić information content (AvgIpc) is 2.47. The molecule has 136 valence electrons. The molecule has 2 unspecified atom stereocenters. The SMILES string of the molecule is CCCCC(CC)COP(=O)(O)OCC(CC)CCCC.O. The predicted octanol–water partition coefficient (Wildman–Crippen LogP) is 4.73. The molecule has 2 atom stereocenters. The Morgan fingerprint density at radius 3 is 1.50 bits per heavy atom. The second-order valence-corrected chi connectivity index (χ2v) is 7.35. The van der Waals surface area contributed by atoms with E-state index in [2.05, 4.69) is 27.7 Å². The van der Waals surface area contributed by atoms with Crippen LogP contribution in [-0.4, -0.2) is 23.6 Å². The Kier molecular flexibility index (Phi) is 16.2. The van der Waals surface area contributed by atoms with E-state index in [1.807, 2.05) is 0 Å². The molecule has 0 fully saturated rings. The Bertz CT molecular complexity index is 262. The summed E-state index contributed by atoms with van der Waals surface area (Å²) in [5, 5.41) is 0. The predicted molar refractivity (Wildman–Crippen MR) is 92.0 cm³/mol. The Morgan fingerprint density at radius 1 is 0.864 bits per heavy atom. The largest absolute Gasteiger partial charge is 0.472 e. The van der Waals surface area contributed by atoms with Crippen LogP contribution in [0.3, 0.4) is 0 Å². The maximum atomic E-state index is 11.9. The number of hydrogen-bond donors (Lipinski definition) is 1. The van der Waals surface area contributed by atoms with Crippen molar-refractivity contribution in [2.45, 2.75) is 79.1 Å². The van der Waals surface area contributed by atoms with Crippen LogP contribution in [0.25, 0.3) is 0 Å². The normalized spacial score (nSPS) is 16.6. The zero-order valence-electron chi connectivity index (χ0n) is 14.8. The summed E-state index contributed by atoms with van der Waals surface area (Å²) in [4.78, 5) is 9.77. The first-order chi connectivity index (χ1) is 9.99. The van der Waals surface area contributed by atoms with Crippen LogP contribution in [0.2, 0.25) is 0 Å². The second-order valence-electron chi connectivity index (χ2n) is 5.89. The molecule has 6 heteroatoms. The molecule has 0 saturated heterocycles. The Labute approximate surface area is 136 Å². The molecule has 0 rings (SSSR count). The highest BCUT2D eigenvalue weighted by Gasteiger charge is 2.24. The lowest BCUT2D eigenvalue weighted by atomic mass is 10.0. The molecule has 0 bridgehead atoms. The number of hydrogen-bond acceptors (Lipinski definition) is 3. The molecule has 0 aliphatic heterocycles. The van der Waals surface area contributed by atoms with Crippen LogP contribution in [0.5, 0.6) is 0 Å². The van der Waals surface area contributed by atoms with Gasteiger partial charge in [0.1, 0.15) is 0 Å². The summed E-state index contributed by atoms with van der Waals surface area (Å²) in [6, 6.07) is 0. The van der Waals surface area contributed by atoms with Crippen molar-refractivity contribution in [3.05, 3.63) is 0 Å². The van der Waals surface area contributed by atoms with Gasteiger partial charge in [-0.3, -0.25) is 9.05 Å². The van der Waals surface area contributed by atoms with Crippen LogP contribution in [0.4, 0.5) is 0 Å². The van der Waals surface area contributed by atoms with E-state index in [0.29, 0.717) is 25.0 Å². The minimum Gasteiger partial charge on any atom is -0.412 e. The molecule has 0 spiro atoms. The van der Waals surface area contributed by atoms with Crippen molar-refractivity contribution in [3.63, 3.8) is 0 Å². The molecule has 22 heavy (non-hydrogen) atoms. The number of phosphoric acid groups is 1. The van der Waals surface area contributed by atoms with Gasteiger partial charge in [-0.15, -0.1) is 0 Å². The van der Waals surface area contributed by atoms with Gasteiger partial charge in [-0.25, -0.2) is 4.57 Å². The molecule has 0 saturated carbocycles. The highest BCUT2D eigenvalue weighted by Crippen LogP contribution is 2.44. The molecule has 0 aromatic rings. The van der Waals surface area contributed by atoms with Crippen LogP contribution in [-0.2, 0) is 13.6 Å². The van der Waals surface area contributed by atoms with Crippen molar-refractivity contribution in [2.75, 3.05) is 13.2 Å². The fraction of sp³-hybridized carbons (Fsp3) is 1.00. The van der Waals surface area contributed by atoms with Gasteiger partial charge in [-0.05, 0) is 24.7 Å². The summed E-state index contributed by atoms with van der Waals surface area (Å²) in [7, 11) is -3.89. The molecule has 5 nitrogen and oxygen atoms in total. The smallest absolute Gasteiger partial charge is 0.412 e. The number of phosphoric ester groups is 1. The molecule has 3 N–H and O–H groups in total. The van der Waals surface area contributed by atoms with Crippen LogP contribution >= 0.6 is 7.82 Å². The van der Waals surface area contributed by atoms with Crippen LogP contribution in [0, 0.1) is 11.8 Å². The van der Waals surface area contributed by atoms with E-state index < -0.39 is 7.82 Å². The lowest BCUT2D eigenvalue weighted by molar-refractivity contribution is 0.110. The lowest BCUT2D eigenvalue weighted by Gasteiger charge is -2.20. The molecule has 0 aromatic heterocycles. The average molecular weight is 340 g/mol. The zero-order chi connectivity index (χ0) is 16.1. The monoisotopic (exact) mass is 340 g/mol. The minimum atomic E-state index is -3.89. The summed E-state index contributed by atoms with van der Waals surface area (Å²) >= 11 is 0. The first-order valence-electron chi connectivity index (χ1n) is 8.60. The third kappa shape index (κ3) is 12.6. The van der Waals surface area contributed by atoms with Gasteiger partial charge < -0.3 is 10.4 Å². The first kappa shape index (κ1) is 24.3. The van der Waals surface area contributed by atoms with E-state index in [9.17, 15) is 9.46 Å². The van der Waals surface area contributed by atoms with E-state index in [0.717, 1.165) is 51.4 Å². The number of rotatable bonds is 14. The molecule has 0 aromatic carbocycles. The van der Waals surface area contributed by atoms with Gasteiger partial charge in [0.15, 0.2) is 0 Å². The molecule has 0 heterocycles. The molecule has 0 amide bonds. The van der Waals surface area contributed by atoms with Crippen LogP contribution in [0.1, 0.15) is 79.1 Å². The van der Waals surface area contributed by atoms with E-state index >= 15 is 0 Å². The van der Waals surface area contributed by atoms with Gasteiger partial charge in [0, 0.05) is 0 Å². The summed E-state index contributed by atoms with van der Waals surface area (Å²) in [5.74, 6) is 0.687. The maximum Gasteiger partial charge on any atom is 0.472 e. The van der Waals surface area contributed by atoms with E-state index in [-0.39, 0.29) is 5.48 Å². The topological polar surface area (TPSA) is 87.3 Å². The fourth-order valence-corrected chi connectivity index (χ4v) is 3.11. The van der Waals surface area contributed by atoms with Gasteiger partial charge in [0.05, 0.1) is 13.2 Å². The van der Waals surface area contributed by atoms with E-state index in [1.165, 1.54) is 0 Å². The molecule has 0 aliphatic rings. The highest BCUT2D eigenvalue weighted by molar-refractivity contribution is 7.47. The zero-order valence-corrected chi connectivity index (χ0v) is 15.7. The first-order valence-corrected chi connectivity index (χ1v) is 10.1. The maximum absolute atomic E-state index is 11.9. The van der Waals surface area contributed by atoms with Crippen LogP contribution in [0.15, 0.2) is 0 Å². The molecular weight excluding hydrogens is 303 g/mol. The quantitative estimate of drug-likeness (QED) is 0.463. The molecule has 0 radical (unpaired) electrons. The minimum absolute atomic E-state index is 0. The van der Waals surface area contributed by atoms with Crippen LogP contribution < -0.4 is 0 Å². The van der Waals surface area contributed by atoms with Gasteiger partial charge in [0.2, 0.25) is 0 Å². The van der Waals surface area contributed by atoms with Gasteiger partial charge in [0.25, 0.3) is 0 Å². The summed E-state index contributed by atoms with van der Waals surface area (Å²) in [5.41, 5.74) is 0. The Hall–Kier alpha value is 0.0700. The van der Waals surface area contributed by atoms with Crippen molar-refractivity contribution < 1.29 is 24.0 Å². The standard InChI is InChI=1S/C16H35O4P.H2O/c1-5-9-11-15(7-3)13-19-21(17,18)20-14-16(8-4)12-10-6-2;/h15-16H,5-14H2,1-4H3,(H,17,18);1H2. The van der Waals surface area contributed by atoms with E-state index in [1.54, 1.807) is 0 Å². The van der Waals surface area contributed by atoms with Gasteiger partial charge >= 0.3 is 7.82 Å². The summed E-state index contributed by atoms with van der Waals surface area (Å²) in [6.07, 6.45) is 8.56. The van der Waals surface area contributed by atoms with Crippen molar-refractivity contribution in [3.8, 4) is 0 Å². The lowest BCUT2D eigenvalue weighted by Crippen LogP contribution is -2.12. The third-order valence-electron chi connectivity index (χ3n) is 4.03. The number of unbranched alkanes of at least 4 members (excludes halogenated alkanes) is 2. The summed E-state index contributed by atoms with van der Waals surface area (Å²) < 4.78 is 22.2. The van der Waals surface area contributed by atoms with Crippen molar-refractivity contribution in [1.82, 2.24) is 0 Å². The fourth-order valence-electron chi connectivity index (χ4n) is 2.23. The van der Waals surface area contributed by atoms with Crippen molar-refractivity contribution in [1.29, 1.82) is 0 Å². The van der Waals surface area contributed by atoms with Crippen molar-refractivity contribution >= 4 is 7.82 Å². The highest BCUT2D eigenvalue weighted by atomic mass is 31.2. The third-order valence-corrected chi connectivity index (χ3v) is 4.98. The van der Waals surface area contributed by atoms with E-state index in [4.69, 9.17) is 9.05 Å². The Morgan fingerprint density at radius 2 is 1.23 bits per heavy atom. The molecular formula is C16H37O5P. The van der Waals surface area contributed by atoms with Gasteiger partial charge in [-0.2, -0.15) is 0 Å².